The second kappa shape index (κ2) is 21.4. The highest BCUT2D eigenvalue weighted by molar-refractivity contribution is 6.01. The Labute approximate surface area is 351 Å². The van der Waals surface area contributed by atoms with Gasteiger partial charge in [-0.2, -0.15) is 5.10 Å². The molecule has 1 aromatic rings. The van der Waals surface area contributed by atoms with Crippen LogP contribution in [-0.2, 0) is 52.6 Å². The molecule has 1 spiro atoms. The maximum absolute atomic E-state index is 13.0. The number of benzene rings is 1. The summed E-state index contributed by atoms with van der Waals surface area (Å²) in [6.07, 6.45) is 11.3. The van der Waals surface area contributed by atoms with Crippen LogP contribution < -0.4 is 15.5 Å². The van der Waals surface area contributed by atoms with Crippen LogP contribution >= 0.6 is 0 Å². The van der Waals surface area contributed by atoms with Crippen LogP contribution in [0.25, 0.3) is 0 Å². The number of rotatable bonds is 18. The first-order valence-electron chi connectivity index (χ1n) is 20.7. The van der Waals surface area contributed by atoms with Crippen molar-refractivity contribution in [2.24, 2.45) is 11.0 Å². The SMILES string of the molecule is CC(=O)O[C@@H](C)/C=C\C(=O)N[C@@H]1C[C@H](C)[C@H](C/C=C(C)/C=C/[C@@H]2C[C@@]3(CO3)C[C@@H](CC(=O)NN=C(C)c3ccc(OCCCC(=O)ON4C(=O)CCC4=O)cc3)O2)O[C@@H]1C. The number of nitrogens with one attached hydrogen (secondary N) is 2. The monoisotopic (exact) mass is 834 g/mol. The summed E-state index contributed by atoms with van der Waals surface area (Å²) in [7, 11) is 0. The molecule has 0 aliphatic carbocycles. The van der Waals surface area contributed by atoms with Crippen molar-refractivity contribution in [1.82, 2.24) is 15.8 Å². The number of hydrogen-bond acceptors (Lipinski definition) is 13. The van der Waals surface area contributed by atoms with Crippen molar-refractivity contribution in [2.75, 3.05) is 13.2 Å². The number of hydrogen-bond donors (Lipinski definition) is 2. The fourth-order valence-corrected chi connectivity index (χ4v) is 7.34. The highest BCUT2D eigenvalue weighted by atomic mass is 16.7. The van der Waals surface area contributed by atoms with Crippen LogP contribution in [0.5, 0.6) is 5.75 Å². The number of ether oxygens (including phenoxy) is 5. The molecule has 4 aliphatic heterocycles. The molecular formula is C44H58N4O12. The minimum atomic E-state index is -0.675. The molecule has 4 heterocycles. The third kappa shape index (κ3) is 14.2. The smallest absolute Gasteiger partial charge is 0.333 e. The van der Waals surface area contributed by atoms with E-state index >= 15 is 0 Å². The first-order valence-corrected chi connectivity index (χ1v) is 20.7. The van der Waals surface area contributed by atoms with Crippen LogP contribution in [0.15, 0.2) is 65.3 Å². The van der Waals surface area contributed by atoms with Crippen molar-refractivity contribution in [3.63, 3.8) is 0 Å². The summed E-state index contributed by atoms with van der Waals surface area (Å²) < 4.78 is 29.2. The van der Waals surface area contributed by atoms with Gasteiger partial charge < -0.3 is 33.8 Å². The van der Waals surface area contributed by atoms with E-state index in [4.69, 9.17) is 28.5 Å². The number of carbonyl (C=O) groups is 6. The quantitative estimate of drug-likeness (QED) is 0.0303. The van der Waals surface area contributed by atoms with Crippen molar-refractivity contribution >= 4 is 41.3 Å². The minimum absolute atomic E-state index is 0.000272. The third-order valence-corrected chi connectivity index (χ3v) is 10.8. The molecule has 16 nitrogen and oxygen atoms in total. The Bertz CT molecular complexity index is 1840. The van der Waals surface area contributed by atoms with Crippen molar-refractivity contribution in [3.8, 4) is 5.75 Å². The first kappa shape index (κ1) is 45.9. The fourth-order valence-electron chi connectivity index (χ4n) is 7.34. The molecular weight excluding hydrogens is 777 g/mol. The predicted molar refractivity (Wildman–Crippen MR) is 218 cm³/mol. The number of imide groups is 1. The lowest BCUT2D eigenvalue weighted by Crippen LogP contribution is -2.50. The van der Waals surface area contributed by atoms with E-state index in [-0.39, 0.29) is 86.1 Å². The van der Waals surface area contributed by atoms with Gasteiger partial charge in [0.15, 0.2) is 0 Å². The van der Waals surface area contributed by atoms with Gasteiger partial charge in [0.2, 0.25) is 11.8 Å². The Hall–Kier alpha value is -5.19. The number of carbonyl (C=O) groups excluding carboxylic acids is 6. The van der Waals surface area contributed by atoms with Gasteiger partial charge in [0.25, 0.3) is 11.8 Å². The van der Waals surface area contributed by atoms with Crippen molar-refractivity contribution < 1.29 is 57.3 Å². The maximum atomic E-state index is 13.0. The van der Waals surface area contributed by atoms with Gasteiger partial charge >= 0.3 is 11.9 Å². The Morgan fingerprint density at radius 2 is 1.73 bits per heavy atom. The molecule has 60 heavy (non-hydrogen) atoms. The Morgan fingerprint density at radius 3 is 2.42 bits per heavy atom. The molecule has 0 unspecified atom stereocenters. The van der Waals surface area contributed by atoms with E-state index in [2.05, 4.69) is 28.8 Å². The van der Waals surface area contributed by atoms with E-state index in [1.165, 1.54) is 13.0 Å². The largest absolute Gasteiger partial charge is 0.494 e. The number of hydroxylamine groups is 2. The van der Waals surface area contributed by atoms with Crippen LogP contribution in [0.1, 0.15) is 105 Å². The van der Waals surface area contributed by atoms with Gasteiger partial charge in [0.05, 0.1) is 67.8 Å². The molecule has 0 bridgehead atoms. The van der Waals surface area contributed by atoms with Gasteiger partial charge in [0.1, 0.15) is 11.9 Å². The fraction of sp³-hybridized carbons (Fsp3) is 0.568. The number of nitrogens with zero attached hydrogens (tertiary/aromatic N) is 2. The molecule has 8 atom stereocenters. The standard InChI is InChI=1S/C44H58N4O12/c1-27(10-17-38-28(2)22-37(31(5)58-38)45-39(50)18-11-29(3)57-32(6)49)9-14-35-24-44(26-56-44)25-36(59-35)23-40(51)47-46-30(4)33-12-15-34(16-13-33)55-21-7-8-43(54)60-48-41(52)19-20-42(48)53/h9-16,18,28-29,31,35-38H,7-8,17,19-26H2,1-6H3,(H,45,50)(H,47,51)/b14-9+,18-11-,27-10+,46-30?/t28-,29-,31+,35+,36+,37+,38-,44-/m0/s1. The minimum Gasteiger partial charge on any atom is -0.494 e. The Balaban J connectivity index is 1.01. The summed E-state index contributed by atoms with van der Waals surface area (Å²) in [6.45, 7) is 11.8. The Kier molecular flexibility index (Phi) is 16.3. The molecule has 0 aromatic heterocycles. The average molecular weight is 835 g/mol. The van der Waals surface area contributed by atoms with Gasteiger partial charge in [-0.05, 0) is 88.8 Å². The molecule has 2 N–H and O–H groups in total. The number of amides is 4. The number of epoxide rings is 1. The van der Waals surface area contributed by atoms with Gasteiger partial charge in [-0.1, -0.05) is 30.7 Å². The first-order chi connectivity index (χ1) is 28.6. The zero-order chi connectivity index (χ0) is 43.4. The van der Waals surface area contributed by atoms with Gasteiger partial charge in [-0.15, -0.1) is 5.06 Å². The molecule has 326 valence electrons. The maximum Gasteiger partial charge on any atom is 0.333 e. The Morgan fingerprint density at radius 1 is 1.02 bits per heavy atom. The highest BCUT2D eigenvalue weighted by Gasteiger charge is 2.51. The zero-order valence-corrected chi connectivity index (χ0v) is 35.3. The van der Waals surface area contributed by atoms with Gasteiger partial charge in [0, 0.05) is 38.7 Å². The predicted octanol–water partition coefficient (Wildman–Crippen LogP) is 4.70. The van der Waals surface area contributed by atoms with Crippen LogP contribution in [0.3, 0.4) is 0 Å². The average Bonchev–Trinajstić information content (AvgIpc) is 3.87. The van der Waals surface area contributed by atoms with Crippen LogP contribution in [0.2, 0.25) is 0 Å². The normalized spacial score (nSPS) is 27.6. The van der Waals surface area contributed by atoms with Crippen LogP contribution in [-0.4, -0.2) is 102 Å². The molecule has 4 fully saturated rings. The van der Waals surface area contributed by atoms with E-state index in [9.17, 15) is 28.8 Å². The summed E-state index contributed by atoms with van der Waals surface area (Å²) in [4.78, 5) is 76.6. The van der Waals surface area contributed by atoms with E-state index in [0.717, 1.165) is 24.0 Å². The lowest BCUT2D eigenvalue weighted by molar-refractivity contribution is -0.197. The second-order valence-corrected chi connectivity index (χ2v) is 16.1. The van der Waals surface area contributed by atoms with Crippen LogP contribution in [0.4, 0.5) is 0 Å². The van der Waals surface area contributed by atoms with Gasteiger partial charge in [-0.25, -0.2) is 10.2 Å². The van der Waals surface area contributed by atoms with E-state index in [0.29, 0.717) is 42.4 Å². The van der Waals surface area contributed by atoms with E-state index in [1.54, 1.807) is 32.1 Å². The van der Waals surface area contributed by atoms with Crippen molar-refractivity contribution in [2.45, 2.75) is 141 Å². The number of allylic oxidation sites excluding steroid dienone is 2. The molecule has 1 aromatic carbocycles. The zero-order valence-electron chi connectivity index (χ0n) is 35.3. The molecule has 0 radical (unpaired) electrons. The van der Waals surface area contributed by atoms with Crippen molar-refractivity contribution in [3.05, 3.63) is 65.8 Å². The number of hydrazone groups is 1. The summed E-state index contributed by atoms with van der Waals surface area (Å²) in [5.74, 6) is -1.84. The van der Waals surface area contributed by atoms with Crippen LogP contribution in [0, 0.1) is 5.92 Å². The molecule has 16 heteroatoms. The summed E-state index contributed by atoms with van der Waals surface area (Å²) in [5.41, 5.74) is 4.82. The highest BCUT2D eigenvalue weighted by Crippen LogP contribution is 2.43. The molecule has 4 aliphatic rings. The molecule has 4 saturated heterocycles. The molecule has 4 amide bonds. The molecule has 5 rings (SSSR count). The summed E-state index contributed by atoms with van der Waals surface area (Å²) >= 11 is 0. The van der Waals surface area contributed by atoms with Gasteiger partial charge in [-0.3, -0.25) is 24.0 Å². The van der Waals surface area contributed by atoms with E-state index in [1.807, 2.05) is 38.1 Å². The lowest BCUT2D eigenvalue weighted by atomic mass is 9.88. The second-order valence-electron chi connectivity index (χ2n) is 16.1. The summed E-state index contributed by atoms with van der Waals surface area (Å²) in [5, 5.41) is 7.84. The number of esters is 1. The molecule has 0 saturated carbocycles. The topological polar surface area (TPSA) is 201 Å². The van der Waals surface area contributed by atoms with E-state index < -0.39 is 29.9 Å². The van der Waals surface area contributed by atoms with Crippen molar-refractivity contribution in [1.29, 1.82) is 0 Å². The summed E-state index contributed by atoms with van der Waals surface area (Å²) in [6, 6.07) is 7.00. The third-order valence-electron chi connectivity index (χ3n) is 10.8. The lowest BCUT2D eigenvalue weighted by Gasteiger charge is -2.39.